The van der Waals surface area contributed by atoms with Crippen molar-refractivity contribution in [3.63, 3.8) is 0 Å². The Morgan fingerprint density at radius 3 is 2.65 bits per heavy atom. The van der Waals surface area contributed by atoms with E-state index in [1.807, 2.05) is 6.92 Å². The molecule has 26 heavy (non-hydrogen) atoms. The molecule has 6 nitrogen and oxygen atoms in total. The van der Waals surface area contributed by atoms with Crippen molar-refractivity contribution >= 4 is 29.1 Å². The van der Waals surface area contributed by atoms with Gasteiger partial charge < -0.3 is 5.32 Å². The average molecular weight is 394 g/mol. The van der Waals surface area contributed by atoms with Gasteiger partial charge >= 0.3 is 0 Å². The molecule has 1 heterocycles. The van der Waals surface area contributed by atoms with Gasteiger partial charge in [-0.25, -0.2) is 4.39 Å². The lowest BCUT2D eigenvalue weighted by molar-refractivity contribution is -0.122. The second-order valence-corrected chi connectivity index (χ2v) is 6.45. The van der Waals surface area contributed by atoms with Crippen LogP contribution in [0.5, 0.6) is 0 Å². The molecule has 0 radical (unpaired) electrons. The second-order valence-electron chi connectivity index (χ2n) is 5.61. The van der Waals surface area contributed by atoms with Crippen molar-refractivity contribution in [2.45, 2.75) is 19.5 Å². The van der Waals surface area contributed by atoms with E-state index in [1.54, 1.807) is 30.3 Å². The summed E-state index contributed by atoms with van der Waals surface area (Å²) >= 11 is 12.0. The first kappa shape index (κ1) is 18.3. The fourth-order valence-corrected chi connectivity index (χ4v) is 2.94. The number of nitrogens with one attached hydrogen (secondary N) is 1. The SMILES string of the molecule is C[C@H](NC(=O)Cn1nnc(-c2ccc(F)cc2)n1)c1ccc(Cl)cc1Cl. The van der Waals surface area contributed by atoms with Gasteiger partial charge in [0.05, 0.1) is 6.04 Å². The Morgan fingerprint density at radius 1 is 1.23 bits per heavy atom. The number of aromatic nitrogens is 4. The van der Waals surface area contributed by atoms with Crippen LogP contribution in [-0.4, -0.2) is 26.1 Å². The fraction of sp³-hybridized carbons (Fsp3) is 0.176. The summed E-state index contributed by atoms with van der Waals surface area (Å²) in [6.07, 6.45) is 0. The minimum atomic E-state index is -0.352. The van der Waals surface area contributed by atoms with Crippen LogP contribution in [0.4, 0.5) is 4.39 Å². The Bertz CT molecular complexity index is 929. The molecule has 1 amide bonds. The summed E-state index contributed by atoms with van der Waals surface area (Å²) in [6.45, 7) is 1.70. The van der Waals surface area contributed by atoms with Crippen molar-refractivity contribution in [3.05, 3.63) is 63.9 Å². The Morgan fingerprint density at radius 2 is 1.96 bits per heavy atom. The summed E-state index contributed by atoms with van der Waals surface area (Å²) < 4.78 is 13.0. The first-order valence-electron chi connectivity index (χ1n) is 7.70. The lowest BCUT2D eigenvalue weighted by atomic mass is 10.1. The summed E-state index contributed by atoms with van der Waals surface area (Å²) in [5.74, 6) is -0.339. The van der Waals surface area contributed by atoms with Gasteiger partial charge in [-0.05, 0) is 54.1 Å². The highest BCUT2D eigenvalue weighted by Crippen LogP contribution is 2.26. The predicted octanol–water partition coefficient (Wildman–Crippen LogP) is 3.66. The number of carbonyl (C=O) groups excluding carboxylic acids is 1. The van der Waals surface area contributed by atoms with Gasteiger partial charge in [0.2, 0.25) is 11.7 Å². The maximum atomic E-state index is 13.0. The number of hydrogen-bond acceptors (Lipinski definition) is 4. The summed E-state index contributed by atoms with van der Waals surface area (Å²) in [5, 5.41) is 15.7. The normalized spacial score (nSPS) is 12.0. The van der Waals surface area contributed by atoms with E-state index >= 15 is 0 Å². The maximum absolute atomic E-state index is 13.0. The highest BCUT2D eigenvalue weighted by Gasteiger charge is 2.15. The molecule has 0 bridgehead atoms. The largest absolute Gasteiger partial charge is 0.348 e. The van der Waals surface area contributed by atoms with Crippen LogP contribution in [0.2, 0.25) is 10.0 Å². The summed E-state index contributed by atoms with van der Waals surface area (Å²) in [5.41, 5.74) is 1.36. The van der Waals surface area contributed by atoms with E-state index in [9.17, 15) is 9.18 Å². The minimum absolute atomic E-state index is 0.107. The molecule has 1 atom stereocenters. The Labute approximate surface area is 158 Å². The topological polar surface area (TPSA) is 72.7 Å². The molecule has 1 aromatic heterocycles. The van der Waals surface area contributed by atoms with Crippen LogP contribution in [-0.2, 0) is 11.3 Å². The number of tetrazole rings is 1. The molecule has 0 fully saturated rings. The molecule has 3 aromatic rings. The van der Waals surface area contributed by atoms with Crippen LogP contribution in [0.1, 0.15) is 18.5 Å². The standard InChI is InChI=1S/C17H14Cl2FN5O/c1-10(14-7-4-12(18)8-15(14)19)21-16(26)9-25-23-17(22-24-25)11-2-5-13(20)6-3-11/h2-8,10H,9H2,1H3,(H,21,26)/t10-/m0/s1. The van der Waals surface area contributed by atoms with Gasteiger partial charge in [-0.3, -0.25) is 4.79 Å². The molecule has 3 rings (SSSR count). The van der Waals surface area contributed by atoms with Crippen LogP contribution < -0.4 is 5.32 Å². The molecule has 0 aliphatic heterocycles. The Balaban J connectivity index is 1.64. The lowest BCUT2D eigenvalue weighted by Crippen LogP contribution is -2.31. The smallest absolute Gasteiger partial charge is 0.244 e. The van der Waals surface area contributed by atoms with Crippen molar-refractivity contribution < 1.29 is 9.18 Å². The van der Waals surface area contributed by atoms with Gasteiger partial charge in [-0.15, -0.1) is 10.2 Å². The quantitative estimate of drug-likeness (QED) is 0.717. The number of carbonyl (C=O) groups is 1. The van der Waals surface area contributed by atoms with Crippen LogP contribution >= 0.6 is 23.2 Å². The first-order valence-corrected chi connectivity index (χ1v) is 8.46. The molecule has 0 saturated carbocycles. The second kappa shape index (κ2) is 7.80. The zero-order valence-electron chi connectivity index (χ0n) is 13.7. The molecule has 0 unspecified atom stereocenters. The monoisotopic (exact) mass is 393 g/mol. The van der Waals surface area contributed by atoms with Gasteiger partial charge in [0.25, 0.3) is 0 Å². The van der Waals surface area contributed by atoms with Crippen LogP contribution in [0.3, 0.4) is 0 Å². The van der Waals surface area contributed by atoms with E-state index in [0.29, 0.717) is 21.4 Å². The number of amides is 1. The zero-order chi connectivity index (χ0) is 18.7. The van der Waals surface area contributed by atoms with Gasteiger partial charge in [0.15, 0.2) is 0 Å². The maximum Gasteiger partial charge on any atom is 0.244 e. The number of nitrogens with zero attached hydrogens (tertiary/aromatic N) is 4. The van der Waals surface area contributed by atoms with Crippen molar-refractivity contribution in [1.82, 2.24) is 25.5 Å². The molecule has 0 aliphatic carbocycles. The number of halogens is 3. The van der Waals surface area contributed by atoms with E-state index < -0.39 is 0 Å². The van der Waals surface area contributed by atoms with E-state index in [4.69, 9.17) is 23.2 Å². The van der Waals surface area contributed by atoms with Gasteiger partial charge in [-0.1, -0.05) is 29.3 Å². The molecule has 134 valence electrons. The van der Waals surface area contributed by atoms with Gasteiger partial charge in [-0.2, -0.15) is 4.80 Å². The zero-order valence-corrected chi connectivity index (χ0v) is 15.2. The van der Waals surface area contributed by atoms with Gasteiger partial charge in [0.1, 0.15) is 12.4 Å². The summed E-state index contributed by atoms with van der Waals surface area (Å²) in [7, 11) is 0. The highest BCUT2D eigenvalue weighted by molar-refractivity contribution is 6.35. The predicted molar refractivity (Wildman–Crippen MR) is 96.2 cm³/mol. The van der Waals surface area contributed by atoms with Crippen LogP contribution in [0, 0.1) is 5.82 Å². The van der Waals surface area contributed by atoms with Crippen molar-refractivity contribution in [2.75, 3.05) is 0 Å². The molecule has 1 N–H and O–H groups in total. The third-order valence-electron chi connectivity index (χ3n) is 3.65. The minimum Gasteiger partial charge on any atom is -0.348 e. The third kappa shape index (κ3) is 4.36. The summed E-state index contributed by atoms with van der Waals surface area (Å²) in [6, 6.07) is 10.5. The first-order chi connectivity index (χ1) is 12.4. The third-order valence-corrected chi connectivity index (χ3v) is 4.21. The number of hydrogen-bond donors (Lipinski definition) is 1. The molecule has 0 aliphatic rings. The average Bonchev–Trinajstić information content (AvgIpc) is 3.03. The lowest BCUT2D eigenvalue weighted by Gasteiger charge is -2.15. The molecule has 0 saturated heterocycles. The van der Waals surface area contributed by atoms with E-state index in [0.717, 1.165) is 5.56 Å². The molecular formula is C17H14Cl2FN5O. The fourth-order valence-electron chi connectivity index (χ4n) is 2.37. The van der Waals surface area contributed by atoms with Crippen molar-refractivity contribution in [1.29, 1.82) is 0 Å². The molecule has 0 spiro atoms. The van der Waals surface area contributed by atoms with E-state index in [2.05, 4.69) is 20.7 Å². The molecule has 9 heteroatoms. The number of benzene rings is 2. The van der Waals surface area contributed by atoms with E-state index in [1.165, 1.54) is 16.9 Å². The molecule has 2 aromatic carbocycles. The number of rotatable bonds is 5. The van der Waals surface area contributed by atoms with E-state index in [-0.39, 0.29) is 24.3 Å². The summed E-state index contributed by atoms with van der Waals surface area (Å²) in [4.78, 5) is 13.4. The van der Waals surface area contributed by atoms with Gasteiger partial charge in [0, 0.05) is 15.6 Å². The van der Waals surface area contributed by atoms with Crippen LogP contribution in [0.15, 0.2) is 42.5 Å². The molecular weight excluding hydrogens is 380 g/mol. The van der Waals surface area contributed by atoms with Crippen LogP contribution in [0.25, 0.3) is 11.4 Å². The Kier molecular flexibility index (Phi) is 5.49. The van der Waals surface area contributed by atoms with Crippen molar-refractivity contribution in [2.24, 2.45) is 0 Å². The Hall–Kier alpha value is -2.51. The highest BCUT2D eigenvalue weighted by atomic mass is 35.5. The van der Waals surface area contributed by atoms with Crippen molar-refractivity contribution in [3.8, 4) is 11.4 Å².